The first-order chi connectivity index (χ1) is 10.1. The standard InChI is InChI=1S/C14H20N4O3/c1-15-18-13(20)11(12(19)16(2)14(18)21)7-6-10-17-8-4-3-5-9-17/h6-7,10,15H,3-5,8-9H2,1-2H3/b10-6+,11-7-. The fourth-order valence-corrected chi connectivity index (χ4v) is 2.38. The van der Waals surface area contributed by atoms with E-state index in [1.165, 1.54) is 26.6 Å². The van der Waals surface area contributed by atoms with Crippen LogP contribution in [-0.2, 0) is 9.59 Å². The van der Waals surface area contributed by atoms with Crippen molar-refractivity contribution < 1.29 is 14.4 Å². The quantitative estimate of drug-likeness (QED) is 0.604. The number of nitrogens with zero attached hydrogens (tertiary/aromatic N) is 3. The molecule has 2 rings (SSSR count). The van der Waals surface area contributed by atoms with Crippen molar-refractivity contribution in [2.24, 2.45) is 0 Å². The van der Waals surface area contributed by atoms with E-state index in [2.05, 4.69) is 10.3 Å². The zero-order chi connectivity index (χ0) is 15.4. The van der Waals surface area contributed by atoms with E-state index in [4.69, 9.17) is 0 Å². The number of rotatable bonds is 3. The lowest BCUT2D eigenvalue weighted by Gasteiger charge is -2.30. The zero-order valence-corrected chi connectivity index (χ0v) is 12.3. The van der Waals surface area contributed by atoms with Gasteiger partial charge in [-0.1, -0.05) is 0 Å². The number of carbonyl (C=O) groups excluding carboxylic acids is 3. The summed E-state index contributed by atoms with van der Waals surface area (Å²) in [5, 5.41) is 0.821. The largest absolute Gasteiger partial charge is 0.377 e. The number of carbonyl (C=O) groups is 3. The Hall–Kier alpha value is -2.15. The number of hydrogen-bond donors (Lipinski definition) is 1. The third-order valence-corrected chi connectivity index (χ3v) is 3.62. The molecule has 0 radical (unpaired) electrons. The fraction of sp³-hybridized carbons (Fsp3) is 0.500. The third kappa shape index (κ3) is 3.13. The number of hydrogen-bond acceptors (Lipinski definition) is 5. The Kier molecular flexibility index (Phi) is 4.74. The van der Waals surface area contributed by atoms with Gasteiger partial charge in [0.1, 0.15) is 5.57 Å². The lowest BCUT2D eigenvalue weighted by molar-refractivity contribution is -0.136. The van der Waals surface area contributed by atoms with Crippen molar-refractivity contribution in [3.8, 4) is 0 Å². The summed E-state index contributed by atoms with van der Waals surface area (Å²) in [6.07, 6.45) is 8.59. The van der Waals surface area contributed by atoms with Gasteiger partial charge in [0.25, 0.3) is 11.8 Å². The van der Waals surface area contributed by atoms with E-state index in [-0.39, 0.29) is 5.57 Å². The van der Waals surface area contributed by atoms with Crippen LogP contribution in [0.5, 0.6) is 0 Å². The summed E-state index contributed by atoms with van der Waals surface area (Å²) >= 11 is 0. The molecule has 0 atom stereocenters. The summed E-state index contributed by atoms with van der Waals surface area (Å²) in [5.74, 6) is -1.21. The maximum absolute atomic E-state index is 12.1. The third-order valence-electron chi connectivity index (χ3n) is 3.62. The van der Waals surface area contributed by atoms with E-state index < -0.39 is 17.8 Å². The molecule has 2 aliphatic heterocycles. The van der Waals surface area contributed by atoms with Gasteiger partial charge >= 0.3 is 6.03 Å². The summed E-state index contributed by atoms with van der Waals surface area (Å²) in [4.78, 5) is 38.9. The molecular weight excluding hydrogens is 272 g/mol. The minimum absolute atomic E-state index is 0.0280. The maximum Gasteiger partial charge on any atom is 0.348 e. The monoisotopic (exact) mass is 292 g/mol. The molecule has 1 N–H and O–H groups in total. The number of likely N-dealkylation sites (tertiary alicyclic amines) is 1. The van der Waals surface area contributed by atoms with Crippen LogP contribution in [0.3, 0.4) is 0 Å². The number of allylic oxidation sites excluding steroid dienone is 2. The van der Waals surface area contributed by atoms with Crippen molar-refractivity contribution in [3.63, 3.8) is 0 Å². The van der Waals surface area contributed by atoms with Gasteiger partial charge in [-0.25, -0.2) is 10.2 Å². The maximum atomic E-state index is 12.1. The Morgan fingerprint density at radius 1 is 1.05 bits per heavy atom. The molecule has 0 saturated carbocycles. The second kappa shape index (κ2) is 6.53. The summed E-state index contributed by atoms with van der Waals surface area (Å²) in [5.41, 5.74) is 2.46. The summed E-state index contributed by atoms with van der Waals surface area (Å²) in [7, 11) is 2.81. The van der Waals surface area contributed by atoms with Gasteiger partial charge in [-0.15, -0.1) is 0 Å². The number of amides is 4. The number of likely N-dealkylation sites (N-methyl/N-ethyl adjacent to an activating group) is 1. The van der Waals surface area contributed by atoms with Gasteiger partial charge in [-0.2, -0.15) is 5.01 Å². The molecule has 0 aliphatic carbocycles. The number of nitrogens with one attached hydrogen (secondary N) is 1. The summed E-state index contributed by atoms with van der Waals surface area (Å²) in [6.45, 7) is 1.98. The summed E-state index contributed by atoms with van der Waals surface area (Å²) in [6, 6.07) is -0.676. The summed E-state index contributed by atoms with van der Waals surface area (Å²) < 4.78 is 0. The Morgan fingerprint density at radius 3 is 2.33 bits per heavy atom. The second-order valence-electron chi connectivity index (χ2n) is 5.03. The Labute approximate surface area is 123 Å². The molecule has 0 aromatic rings. The number of urea groups is 1. The highest BCUT2D eigenvalue weighted by molar-refractivity contribution is 6.28. The lowest BCUT2D eigenvalue weighted by atomic mass is 10.1. The molecule has 7 heteroatoms. The van der Waals surface area contributed by atoms with Crippen molar-refractivity contribution in [1.82, 2.24) is 20.2 Å². The topological polar surface area (TPSA) is 73.0 Å². The van der Waals surface area contributed by atoms with Gasteiger partial charge in [0.15, 0.2) is 0 Å². The highest BCUT2D eigenvalue weighted by atomic mass is 16.2. The van der Waals surface area contributed by atoms with E-state index in [0.29, 0.717) is 0 Å². The van der Waals surface area contributed by atoms with Crippen LogP contribution in [-0.4, -0.2) is 59.8 Å². The predicted molar refractivity (Wildman–Crippen MR) is 76.7 cm³/mol. The highest BCUT2D eigenvalue weighted by Crippen LogP contribution is 2.14. The van der Waals surface area contributed by atoms with Crippen LogP contribution in [0.25, 0.3) is 0 Å². The first-order valence-corrected chi connectivity index (χ1v) is 7.02. The molecule has 0 bridgehead atoms. The van der Waals surface area contributed by atoms with Crippen LogP contribution in [0.15, 0.2) is 23.9 Å². The van der Waals surface area contributed by atoms with Gasteiger partial charge < -0.3 is 4.90 Å². The zero-order valence-electron chi connectivity index (χ0n) is 12.3. The van der Waals surface area contributed by atoms with Gasteiger partial charge in [0.2, 0.25) is 0 Å². The number of barbiturate groups is 1. The van der Waals surface area contributed by atoms with Gasteiger partial charge in [0.05, 0.1) is 0 Å². The predicted octanol–water partition coefficient (Wildman–Crippen LogP) is 0.467. The average Bonchev–Trinajstić information content (AvgIpc) is 2.50. The fourth-order valence-electron chi connectivity index (χ4n) is 2.38. The van der Waals surface area contributed by atoms with Gasteiger partial charge in [0, 0.05) is 27.2 Å². The minimum atomic E-state index is -0.676. The SMILES string of the molecule is CNN1C(=O)/C(=C\C=C\N2CCCCC2)C(=O)N(C)C1=O. The van der Waals surface area contributed by atoms with E-state index in [1.54, 1.807) is 6.08 Å². The smallest absolute Gasteiger partial charge is 0.348 e. The Morgan fingerprint density at radius 2 is 1.71 bits per heavy atom. The van der Waals surface area contributed by atoms with Crippen molar-refractivity contribution in [2.75, 3.05) is 27.2 Å². The Balaban J connectivity index is 2.14. The molecule has 7 nitrogen and oxygen atoms in total. The molecule has 2 heterocycles. The second-order valence-corrected chi connectivity index (χ2v) is 5.03. The lowest BCUT2D eigenvalue weighted by Crippen LogP contribution is -2.58. The normalized spacial score (nSPS) is 22.9. The Bertz CT molecular complexity index is 506. The number of hydrazine groups is 1. The van der Waals surface area contributed by atoms with E-state index >= 15 is 0 Å². The van der Waals surface area contributed by atoms with E-state index in [0.717, 1.165) is 35.8 Å². The van der Waals surface area contributed by atoms with Crippen LogP contribution in [0.2, 0.25) is 0 Å². The minimum Gasteiger partial charge on any atom is -0.377 e. The first-order valence-electron chi connectivity index (χ1n) is 7.02. The molecular formula is C14H20N4O3. The molecule has 2 fully saturated rings. The molecule has 0 aromatic carbocycles. The molecule has 21 heavy (non-hydrogen) atoms. The average molecular weight is 292 g/mol. The molecule has 2 saturated heterocycles. The van der Waals surface area contributed by atoms with Crippen LogP contribution in [0.4, 0.5) is 4.79 Å². The number of piperidine rings is 1. The van der Waals surface area contributed by atoms with Crippen LogP contribution in [0.1, 0.15) is 19.3 Å². The molecule has 2 aliphatic rings. The number of imide groups is 2. The van der Waals surface area contributed by atoms with Gasteiger partial charge in [-0.05, 0) is 37.6 Å². The van der Waals surface area contributed by atoms with Crippen molar-refractivity contribution >= 4 is 17.8 Å². The van der Waals surface area contributed by atoms with Crippen LogP contribution in [0, 0.1) is 0 Å². The molecule has 0 unspecified atom stereocenters. The van der Waals surface area contributed by atoms with Crippen LogP contribution < -0.4 is 5.43 Å². The van der Waals surface area contributed by atoms with Crippen LogP contribution >= 0.6 is 0 Å². The van der Waals surface area contributed by atoms with Crippen molar-refractivity contribution in [3.05, 3.63) is 23.9 Å². The van der Waals surface area contributed by atoms with E-state index in [1.807, 2.05) is 6.20 Å². The molecule has 114 valence electrons. The first kappa shape index (κ1) is 15.2. The van der Waals surface area contributed by atoms with Gasteiger partial charge in [-0.3, -0.25) is 14.5 Å². The van der Waals surface area contributed by atoms with E-state index in [9.17, 15) is 14.4 Å². The molecule has 0 aromatic heterocycles. The highest BCUT2D eigenvalue weighted by Gasteiger charge is 2.39. The molecule has 4 amide bonds. The van der Waals surface area contributed by atoms with Crippen molar-refractivity contribution in [2.45, 2.75) is 19.3 Å². The molecule has 0 spiro atoms. The van der Waals surface area contributed by atoms with Crippen molar-refractivity contribution in [1.29, 1.82) is 0 Å².